The van der Waals surface area contributed by atoms with Crippen LogP contribution >= 0.6 is 15.9 Å². The maximum Gasteiger partial charge on any atom is 0.123 e. The summed E-state index contributed by atoms with van der Waals surface area (Å²) in [7, 11) is 1.68. The summed E-state index contributed by atoms with van der Waals surface area (Å²) in [6, 6.07) is 5.93. The minimum Gasteiger partial charge on any atom is -0.497 e. The van der Waals surface area contributed by atoms with Crippen LogP contribution in [-0.4, -0.2) is 18.5 Å². The number of ether oxygens (including phenoxy) is 2. The predicted octanol–water partition coefficient (Wildman–Crippen LogP) is 2.39. The van der Waals surface area contributed by atoms with Crippen LogP contribution in [0, 0.1) is 0 Å². The van der Waals surface area contributed by atoms with Gasteiger partial charge in [-0.2, -0.15) is 0 Å². The monoisotopic (exact) mass is 242 g/mol. The predicted molar refractivity (Wildman–Crippen MR) is 54.9 cm³/mol. The van der Waals surface area contributed by atoms with Crippen molar-refractivity contribution in [2.24, 2.45) is 0 Å². The molecule has 1 aromatic carbocycles. The van der Waals surface area contributed by atoms with E-state index in [0.29, 0.717) is 0 Å². The van der Waals surface area contributed by atoms with Crippen LogP contribution in [0.3, 0.4) is 0 Å². The molecular weight excluding hydrogens is 232 g/mol. The van der Waals surface area contributed by atoms with Gasteiger partial charge in [-0.15, -0.1) is 0 Å². The second-order valence-electron chi connectivity index (χ2n) is 3.07. The molecule has 1 aliphatic rings. The molecular formula is C10H11BrO2. The Balaban J connectivity index is 2.25. The molecule has 1 aromatic rings. The zero-order valence-electron chi connectivity index (χ0n) is 7.42. The Morgan fingerprint density at radius 2 is 2.46 bits per heavy atom. The third-order valence-corrected chi connectivity index (χ3v) is 2.90. The van der Waals surface area contributed by atoms with Crippen molar-refractivity contribution >= 4 is 15.9 Å². The highest BCUT2D eigenvalue weighted by molar-refractivity contribution is 9.09. The lowest BCUT2D eigenvalue weighted by atomic mass is 10.1. The van der Waals surface area contributed by atoms with E-state index in [2.05, 4.69) is 15.9 Å². The molecule has 0 saturated carbocycles. The van der Waals surface area contributed by atoms with Crippen LogP contribution in [0.4, 0.5) is 0 Å². The average molecular weight is 243 g/mol. The first-order valence-corrected chi connectivity index (χ1v) is 5.35. The lowest BCUT2D eigenvalue weighted by Gasteiger charge is -2.04. The Morgan fingerprint density at radius 3 is 3.15 bits per heavy atom. The molecule has 70 valence electrons. The fourth-order valence-electron chi connectivity index (χ4n) is 1.51. The number of fused-ring (bicyclic) bond motifs is 1. The van der Waals surface area contributed by atoms with Crippen LogP contribution in [0.1, 0.15) is 5.56 Å². The Bertz CT molecular complexity index is 312. The largest absolute Gasteiger partial charge is 0.497 e. The van der Waals surface area contributed by atoms with Gasteiger partial charge < -0.3 is 9.47 Å². The summed E-state index contributed by atoms with van der Waals surface area (Å²) in [5, 5.41) is 0.879. The third-order valence-electron chi connectivity index (χ3n) is 2.18. The number of alkyl halides is 1. The van der Waals surface area contributed by atoms with Gasteiger partial charge in [-0.1, -0.05) is 15.9 Å². The molecule has 0 N–H and O–H groups in total. The van der Waals surface area contributed by atoms with E-state index in [0.717, 1.165) is 23.2 Å². The van der Waals surface area contributed by atoms with Crippen LogP contribution in [0.15, 0.2) is 18.2 Å². The van der Waals surface area contributed by atoms with Crippen molar-refractivity contribution in [1.29, 1.82) is 0 Å². The second-order valence-corrected chi connectivity index (χ2v) is 3.72. The van der Waals surface area contributed by atoms with Gasteiger partial charge in [-0.3, -0.25) is 0 Å². The third kappa shape index (κ3) is 1.66. The summed E-state index contributed by atoms with van der Waals surface area (Å²) in [5.74, 6) is 1.89. The molecule has 0 unspecified atom stereocenters. The fourth-order valence-corrected chi connectivity index (χ4v) is 1.87. The molecule has 0 radical (unpaired) electrons. The fraction of sp³-hybridized carbons (Fsp3) is 0.400. The number of halogens is 1. The minimum atomic E-state index is 0.280. The van der Waals surface area contributed by atoms with Gasteiger partial charge in [0.15, 0.2) is 0 Å². The Labute approximate surface area is 86.0 Å². The van der Waals surface area contributed by atoms with Gasteiger partial charge in [0, 0.05) is 17.3 Å². The molecule has 13 heavy (non-hydrogen) atoms. The van der Waals surface area contributed by atoms with Gasteiger partial charge in [0.05, 0.1) is 7.11 Å². The summed E-state index contributed by atoms with van der Waals surface area (Å²) in [4.78, 5) is 0. The molecule has 0 saturated heterocycles. The van der Waals surface area contributed by atoms with Crippen molar-refractivity contribution < 1.29 is 9.47 Å². The second kappa shape index (κ2) is 3.58. The average Bonchev–Trinajstić information content (AvgIpc) is 2.58. The van der Waals surface area contributed by atoms with E-state index >= 15 is 0 Å². The van der Waals surface area contributed by atoms with Gasteiger partial charge in [0.25, 0.3) is 0 Å². The Morgan fingerprint density at radius 1 is 1.62 bits per heavy atom. The number of hydrogen-bond donors (Lipinski definition) is 0. The van der Waals surface area contributed by atoms with Crippen molar-refractivity contribution in [2.75, 3.05) is 12.4 Å². The topological polar surface area (TPSA) is 18.5 Å². The number of hydrogen-bond acceptors (Lipinski definition) is 2. The Kier molecular flexibility index (Phi) is 2.44. The van der Waals surface area contributed by atoms with Gasteiger partial charge in [0.1, 0.15) is 17.6 Å². The molecule has 2 rings (SSSR count). The molecule has 0 amide bonds. The molecule has 0 aliphatic carbocycles. The number of rotatable bonds is 2. The number of benzene rings is 1. The smallest absolute Gasteiger partial charge is 0.123 e. The summed E-state index contributed by atoms with van der Waals surface area (Å²) in [6.45, 7) is 0. The van der Waals surface area contributed by atoms with Crippen LogP contribution in [0.5, 0.6) is 11.5 Å². The first-order valence-electron chi connectivity index (χ1n) is 4.23. The van der Waals surface area contributed by atoms with E-state index in [4.69, 9.17) is 9.47 Å². The quantitative estimate of drug-likeness (QED) is 0.742. The van der Waals surface area contributed by atoms with Gasteiger partial charge in [-0.05, 0) is 18.2 Å². The molecule has 1 heterocycles. The molecule has 2 nitrogen and oxygen atoms in total. The van der Waals surface area contributed by atoms with Gasteiger partial charge in [-0.25, -0.2) is 0 Å². The molecule has 0 fully saturated rings. The van der Waals surface area contributed by atoms with Crippen molar-refractivity contribution in [3.05, 3.63) is 23.8 Å². The van der Waals surface area contributed by atoms with E-state index in [1.165, 1.54) is 5.56 Å². The lowest BCUT2D eigenvalue weighted by Crippen LogP contribution is -2.13. The van der Waals surface area contributed by atoms with Crippen molar-refractivity contribution in [3.63, 3.8) is 0 Å². The molecule has 1 atom stereocenters. The number of methoxy groups -OCH3 is 1. The van der Waals surface area contributed by atoms with Crippen LogP contribution in [-0.2, 0) is 6.42 Å². The SMILES string of the molecule is COc1ccc2c(c1)C[C@@H](CBr)O2. The first-order chi connectivity index (χ1) is 6.33. The molecule has 0 aromatic heterocycles. The highest BCUT2D eigenvalue weighted by Crippen LogP contribution is 2.32. The normalized spacial score (nSPS) is 19.4. The van der Waals surface area contributed by atoms with E-state index in [9.17, 15) is 0 Å². The van der Waals surface area contributed by atoms with E-state index in [1.54, 1.807) is 7.11 Å². The van der Waals surface area contributed by atoms with Crippen molar-refractivity contribution in [3.8, 4) is 11.5 Å². The summed E-state index contributed by atoms with van der Waals surface area (Å²) in [6.07, 6.45) is 1.25. The van der Waals surface area contributed by atoms with E-state index in [1.807, 2.05) is 18.2 Å². The molecule has 0 bridgehead atoms. The Hall–Kier alpha value is -0.700. The maximum atomic E-state index is 5.65. The van der Waals surface area contributed by atoms with Crippen molar-refractivity contribution in [1.82, 2.24) is 0 Å². The van der Waals surface area contributed by atoms with Crippen LogP contribution < -0.4 is 9.47 Å². The molecule has 3 heteroatoms. The van der Waals surface area contributed by atoms with E-state index in [-0.39, 0.29) is 6.10 Å². The van der Waals surface area contributed by atoms with Gasteiger partial charge in [0.2, 0.25) is 0 Å². The first kappa shape index (κ1) is 8.88. The summed E-state index contributed by atoms with van der Waals surface area (Å²) >= 11 is 3.41. The lowest BCUT2D eigenvalue weighted by molar-refractivity contribution is 0.260. The standard InChI is InChI=1S/C10H11BrO2/c1-12-8-2-3-10-7(4-8)5-9(6-11)13-10/h2-4,9H,5-6H2,1H3/t9-/m0/s1. The molecule has 0 spiro atoms. The van der Waals surface area contributed by atoms with Crippen LogP contribution in [0.2, 0.25) is 0 Å². The highest BCUT2D eigenvalue weighted by atomic mass is 79.9. The van der Waals surface area contributed by atoms with Crippen LogP contribution in [0.25, 0.3) is 0 Å². The van der Waals surface area contributed by atoms with E-state index < -0.39 is 0 Å². The minimum absolute atomic E-state index is 0.280. The summed E-state index contributed by atoms with van der Waals surface area (Å²) < 4.78 is 10.8. The zero-order valence-corrected chi connectivity index (χ0v) is 9.00. The molecule has 1 aliphatic heterocycles. The highest BCUT2D eigenvalue weighted by Gasteiger charge is 2.21. The zero-order chi connectivity index (χ0) is 9.26. The van der Waals surface area contributed by atoms with Crippen molar-refractivity contribution in [2.45, 2.75) is 12.5 Å². The van der Waals surface area contributed by atoms with Gasteiger partial charge >= 0.3 is 0 Å². The maximum absolute atomic E-state index is 5.65. The summed E-state index contributed by atoms with van der Waals surface area (Å²) in [5.41, 5.74) is 1.24.